The smallest absolute Gasteiger partial charge is 0.146 e. The van der Waals surface area contributed by atoms with Crippen LogP contribution in [0, 0.1) is 17.2 Å². The number of hydrogen-bond donors (Lipinski definition) is 0. The summed E-state index contributed by atoms with van der Waals surface area (Å²) in [6.45, 7) is 8.39. The van der Waals surface area contributed by atoms with E-state index in [9.17, 15) is 4.79 Å². The van der Waals surface area contributed by atoms with Crippen LogP contribution in [0.25, 0.3) is 0 Å². The topological polar surface area (TPSA) is 44.1 Å². The van der Waals surface area contributed by atoms with Crippen molar-refractivity contribution in [3.05, 3.63) is 0 Å². The first-order valence-corrected chi connectivity index (χ1v) is 5.71. The average molecular weight is 210 g/mol. The molecular formula is C12H22N2O. The lowest BCUT2D eigenvalue weighted by atomic mass is 10.1. The first kappa shape index (κ1) is 14.1. The molecule has 0 aliphatic carbocycles. The Morgan fingerprint density at radius 3 is 2.60 bits per heavy atom. The molecule has 15 heavy (non-hydrogen) atoms. The van der Waals surface area contributed by atoms with E-state index < -0.39 is 0 Å². The zero-order chi connectivity index (χ0) is 11.7. The van der Waals surface area contributed by atoms with E-state index in [0.717, 1.165) is 13.0 Å². The third-order valence-electron chi connectivity index (χ3n) is 2.09. The summed E-state index contributed by atoms with van der Waals surface area (Å²) in [5.74, 6) is 0.828. The van der Waals surface area contributed by atoms with Crippen LogP contribution < -0.4 is 0 Å². The highest BCUT2D eigenvalue weighted by atomic mass is 16.1. The first-order chi connectivity index (χ1) is 7.10. The number of carbonyl (C=O) groups is 1. The highest BCUT2D eigenvalue weighted by Crippen LogP contribution is 2.01. The summed E-state index contributed by atoms with van der Waals surface area (Å²) in [7, 11) is 0. The normalized spacial score (nSPS) is 10.7. The number of Topliss-reactive ketones (excluding diaryl/α,β-unsaturated/α-hetero) is 1. The summed E-state index contributed by atoms with van der Waals surface area (Å²) in [5, 5.41) is 8.53. The molecule has 0 aromatic heterocycles. The van der Waals surface area contributed by atoms with Crippen LogP contribution in [-0.4, -0.2) is 30.3 Å². The van der Waals surface area contributed by atoms with Crippen molar-refractivity contribution in [2.45, 2.75) is 40.0 Å². The van der Waals surface area contributed by atoms with E-state index in [4.69, 9.17) is 5.26 Å². The highest BCUT2D eigenvalue weighted by molar-refractivity contribution is 5.80. The Labute approximate surface area is 93.1 Å². The zero-order valence-corrected chi connectivity index (χ0v) is 10.1. The minimum absolute atomic E-state index is 0.288. The quantitative estimate of drug-likeness (QED) is 0.617. The molecule has 0 rings (SSSR count). The van der Waals surface area contributed by atoms with E-state index in [2.05, 4.69) is 24.8 Å². The molecule has 0 aliphatic heterocycles. The Kier molecular flexibility index (Phi) is 7.94. The molecule has 0 amide bonds. The van der Waals surface area contributed by atoms with Gasteiger partial charge < -0.3 is 0 Å². The standard InChI is InChI=1S/C12H22N2O/c1-4-6-12(15)10-14(8-5-7-13)9-11(2)3/h11H,4-6,8-10H2,1-3H3. The van der Waals surface area contributed by atoms with Crippen LogP contribution >= 0.6 is 0 Å². The fourth-order valence-corrected chi connectivity index (χ4v) is 1.57. The molecule has 0 N–H and O–H groups in total. The van der Waals surface area contributed by atoms with Crippen molar-refractivity contribution >= 4 is 5.78 Å². The Balaban J connectivity index is 4.00. The summed E-state index contributed by atoms with van der Waals surface area (Å²) in [6, 6.07) is 2.12. The van der Waals surface area contributed by atoms with E-state index in [1.807, 2.05) is 6.92 Å². The fourth-order valence-electron chi connectivity index (χ4n) is 1.57. The van der Waals surface area contributed by atoms with Crippen molar-refractivity contribution in [1.29, 1.82) is 5.26 Å². The number of ketones is 1. The molecular weight excluding hydrogens is 188 g/mol. The monoisotopic (exact) mass is 210 g/mol. The van der Waals surface area contributed by atoms with Crippen LogP contribution in [0.3, 0.4) is 0 Å². The molecule has 0 atom stereocenters. The summed E-state index contributed by atoms with van der Waals surface area (Å²) in [5.41, 5.74) is 0. The van der Waals surface area contributed by atoms with Crippen LogP contribution in [0.2, 0.25) is 0 Å². The van der Waals surface area contributed by atoms with Crippen molar-refractivity contribution in [3.63, 3.8) is 0 Å². The van der Waals surface area contributed by atoms with Gasteiger partial charge in [-0.1, -0.05) is 20.8 Å². The van der Waals surface area contributed by atoms with E-state index in [1.54, 1.807) is 0 Å². The molecule has 0 radical (unpaired) electrons. The number of carbonyl (C=O) groups excluding carboxylic acids is 1. The van der Waals surface area contributed by atoms with Crippen molar-refractivity contribution in [1.82, 2.24) is 4.90 Å². The molecule has 0 heterocycles. The number of nitrogens with zero attached hydrogens (tertiary/aromatic N) is 2. The third-order valence-corrected chi connectivity index (χ3v) is 2.09. The molecule has 86 valence electrons. The van der Waals surface area contributed by atoms with Crippen molar-refractivity contribution < 1.29 is 4.79 Å². The Hall–Kier alpha value is -0.880. The molecule has 0 saturated carbocycles. The minimum Gasteiger partial charge on any atom is -0.298 e. The van der Waals surface area contributed by atoms with Gasteiger partial charge in [-0.3, -0.25) is 9.69 Å². The van der Waals surface area contributed by atoms with E-state index >= 15 is 0 Å². The van der Waals surface area contributed by atoms with Gasteiger partial charge in [-0.25, -0.2) is 0 Å². The second-order valence-electron chi connectivity index (χ2n) is 4.33. The molecule has 0 fully saturated rings. The maximum atomic E-state index is 11.5. The van der Waals surface area contributed by atoms with E-state index in [-0.39, 0.29) is 5.78 Å². The Morgan fingerprint density at radius 2 is 2.13 bits per heavy atom. The second kappa shape index (κ2) is 8.43. The van der Waals surface area contributed by atoms with Crippen LogP contribution in [0.1, 0.15) is 40.0 Å². The molecule has 0 spiro atoms. The fraction of sp³-hybridized carbons (Fsp3) is 0.833. The van der Waals surface area contributed by atoms with Gasteiger partial charge in [0.2, 0.25) is 0 Å². The van der Waals surface area contributed by atoms with Crippen molar-refractivity contribution in [3.8, 4) is 6.07 Å². The van der Waals surface area contributed by atoms with Crippen LogP contribution in [0.5, 0.6) is 0 Å². The number of hydrogen-bond acceptors (Lipinski definition) is 3. The van der Waals surface area contributed by atoms with Gasteiger partial charge in [-0.05, 0) is 12.3 Å². The van der Waals surface area contributed by atoms with Crippen molar-refractivity contribution in [2.24, 2.45) is 5.92 Å². The Morgan fingerprint density at radius 1 is 1.47 bits per heavy atom. The second-order valence-corrected chi connectivity index (χ2v) is 4.33. The van der Waals surface area contributed by atoms with Gasteiger partial charge in [0.1, 0.15) is 5.78 Å². The SMILES string of the molecule is CCCC(=O)CN(CCC#N)CC(C)C. The molecule has 0 bridgehead atoms. The Bertz CT molecular complexity index is 218. The third kappa shape index (κ3) is 8.14. The molecule has 3 nitrogen and oxygen atoms in total. The van der Waals surface area contributed by atoms with Gasteiger partial charge in [0, 0.05) is 25.9 Å². The van der Waals surface area contributed by atoms with Crippen LogP contribution in [-0.2, 0) is 4.79 Å². The van der Waals surface area contributed by atoms with E-state index in [1.165, 1.54) is 0 Å². The van der Waals surface area contributed by atoms with Crippen LogP contribution in [0.15, 0.2) is 0 Å². The summed E-state index contributed by atoms with van der Waals surface area (Å²) in [4.78, 5) is 13.6. The van der Waals surface area contributed by atoms with Crippen molar-refractivity contribution in [2.75, 3.05) is 19.6 Å². The van der Waals surface area contributed by atoms with Gasteiger partial charge >= 0.3 is 0 Å². The lowest BCUT2D eigenvalue weighted by Gasteiger charge is -2.22. The largest absolute Gasteiger partial charge is 0.298 e. The lowest BCUT2D eigenvalue weighted by molar-refractivity contribution is -0.120. The van der Waals surface area contributed by atoms with Crippen LogP contribution in [0.4, 0.5) is 0 Å². The first-order valence-electron chi connectivity index (χ1n) is 5.71. The summed E-state index contributed by atoms with van der Waals surface area (Å²) >= 11 is 0. The molecule has 0 aromatic rings. The summed E-state index contributed by atoms with van der Waals surface area (Å²) < 4.78 is 0. The maximum Gasteiger partial charge on any atom is 0.146 e. The van der Waals surface area contributed by atoms with Gasteiger partial charge in [0.15, 0.2) is 0 Å². The van der Waals surface area contributed by atoms with Gasteiger partial charge in [0.25, 0.3) is 0 Å². The van der Waals surface area contributed by atoms with Gasteiger partial charge in [0.05, 0.1) is 12.6 Å². The van der Waals surface area contributed by atoms with Gasteiger partial charge in [-0.2, -0.15) is 5.26 Å². The predicted octanol–water partition coefficient (Wildman–Crippen LogP) is 2.23. The predicted molar refractivity (Wildman–Crippen MR) is 61.4 cm³/mol. The minimum atomic E-state index is 0.288. The summed E-state index contributed by atoms with van der Waals surface area (Å²) in [6.07, 6.45) is 2.07. The van der Waals surface area contributed by atoms with Gasteiger partial charge in [-0.15, -0.1) is 0 Å². The molecule has 0 saturated heterocycles. The lowest BCUT2D eigenvalue weighted by Crippen LogP contribution is -2.33. The molecule has 0 aliphatic rings. The maximum absolute atomic E-state index is 11.5. The number of nitriles is 1. The number of rotatable bonds is 8. The average Bonchev–Trinajstić information content (AvgIpc) is 2.13. The highest BCUT2D eigenvalue weighted by Gasteiger charge is 2.11. The zero-order valence-electron chi connectivity index (χ0n) is 10.1. The van der Waals surface area contributed by atoms with E-state index in [0.29, 0.717) is 31.8 Å². The molecule has 3 heteroatoms. The molecule has 0 unspecified atom stereocenters. The molecule has 0 aromatic carbocycles.